The minimum Gasteiger partial charge on any atom is -0.394 e. The molecule has 0 aromatic heterocycles. The van der Waals surface area contributed by atoms with Gasteiger partial charge in [-0.2, -0.15) is 0 Å². The van der Waals surface area contributed by atoms with Crippen LogP contribution in [-0.4, -0.2) is 46.1 Å². The lowest BCUT2D eigenvalue weighted by atomic mass is 10.0. The van der Waals surface area contributed by atoms with E-state index >= 15 is 0 Å². The van der Waals surface area contributed by atoms with E-state index in [0.29, 0.717) is 6.42 Å². The van der Waals surface area contributed by atoms with Crippen LogP contribution in [0.4, 0.5) is 0 Å². The highest BCUT2D eigenvalue weighted by Gasteiger charge is 2.22. The van der Waals surface area contributed by atoms with E-state index in [2.05, 4.69) is 43.5 Å². The molecular weight excluding hydrogens is 871 g/mol. The number of hydrogen-bond donors (Lipinski definition) is 4. The van der Waals surface area contributed by atoms with Crippen molar-refractivity contribution in [2.24, 2.45) is 0 Å². The third kappa shape index (κ3) is 56.1. The molecule has 0 saturated heterocycles. The molecule has 420 valence electrons. The average Bonchev–Trinajstić information content (AvgIpc) is 3.38. The zero-order chi connectivity index (χ0) is 51.4. The Labute approximate surface area is 444 Å². The smallest absolute Gasteiger partial charge is 0.249 e. The summed E-state index contributed by atoms with van der Waals surface area (Å²) in [6.45, 7) is 4.23. The minimum atomic E-state index is -1.10. The zero-order valence-electron chi connectivity index (χ0n) is 48.1. The Balaban J connectivity index is 3.52. The third-order valence-corrected chi connectivity index (χ3v) is 15.2. The Morgan fingerprint density at radius 1 is 0.352 bits per heavy atom. The van der Waals surface area contributed by atoms with E-state index in [-0.39, 0.29) is 6.61 Å². The fourth-order valence-electron chi connectivity index (χ4n) is 10.2. The van der Waals surface area contributed by atoms with Gasteiger partial charge in [0, 0.05) is 0 Å². The van der Waals surface area contributed by atoms with Crippen molar-refractivity contribution in [2.45, 2.75) is 372 Å². The van der Waals surface area contributed by atoms with Gasteiger partial charge in [0.15, 0.2) is 0 Å². The van der Waals surface area contributed by atoms with E-state index in [1.165, 1.54) is 295 Å². The van der Waals surface area contributed by atoms with E-state index < -0.39 is 24.2 Å². The van der Waals surface area contributed by atoms with E-state index in [1.54, 1.807) is 6.08 Å². The maximum atomic E-state index is 12.6. The molecule has 0 rings (SSSR count). The van der Waals surface area contributed by atoms with Gasteiger partial charge in [0.1, 0.15) is 6.10 Å². The maximum absolute atomic E-state index is 12.6. The van der Waals surface area contributed by atoms with Crippen molar-refractivity contribution in [3.63, 3.8) is 0 Å². The van der Waals surface area contributed by atoms with Gasteiger partial charge in [0.25, 0.3) is 0 Å². The lowest BCUT2D eigenvalue weighted by Crippen LogP contribution is -2.48. The van der Waals surface area contributed by atoms with Crippen LogP contribution in [0.25, 0.3) is 0 Å². The highest BCUT2D eigenvalue weighted by Crippen LogP contribution is 2.18. The Morgan fingerprint density at radius 2 is 0.606 bits per heavy atom. The van der Waals surface area contributed by atoms with Crippen molar-refractivity contribution >= 4 is 5.91 Å². The number of aliphatic hydroxyl groups is 3. The van der Waals surface area contributed by atoms with Crippen LogP contribution in [0.1, 0.15) is 354 Å². The van der Waals surface area contributed by atoms with Crippen LogP contribution in [0.15, 0.2) is 36.5 Å². The van der Waals surface area contributed by atoms with E-state index in [4.69, 9.17) is 0 Å². The summed E-state index contributed by atoms with van der Waals surface area (Å²) in [7, 11) is 0. The molecule has 0 fully saturated rings. The summed E-state index contributed by atoms with van der Waals surface area (Å²) < 4.78 is 0. The molecule has 0 heterocycles. The van der Waals surface area contributed by atoms with Gasteiger partial charge in [-0.3, -0.25) is 4.79 Å². The van der Waals surface area contributed by atoms with Crippen LogP contribution in [0.5, 0.6) is 0 Å². The molecule has 1 amide bonds. The summed E-state index contributed by atoms with van der Waals surface area (Å²) in [4.78, 5) is 12.6. The van der Waals surface area contributed by atoms with Gasteiger partial charge in [0.05, 0.1) is 18.8 Å². The molecule has 4 N–H and O–H groups in total. The number of rotatable bonds is 60. The minimum absolute atomic E-state index is 0.361. The summed E-state index contributed by atoms with van der Waals surface area (Å²) >= 11 is 0. The van der Waals surface area contributed by atoms with Crippen molar-refractivity contribution in [1.82, 2.24) is 5.32 Å². The average molecular weight is 999 g/mol. The second-order valence-corrected chi connectivity index (χ2v) is 22.3. The first-order valence-corrected chi connectivity index (χ1v) is 32.3. The number of aliphatic hydroxyl groups excluding tert-OH is 3. The second kappa shape index (κ2) is 61.1. The Morgan fingerprint density at radius 3 is 0.887 bits per heavy atom. The van der Waals surface area contributed by atoms with Crippen molar-refractivity contribution in [3.05, 3.63) is 36.5 Å². The van der Waals surface area contributed by atoms with Crippen molar-refractivity contribution in [3.8, 4) is 0 Å². The van der Waals surface area contributed by atoms with Crippen LogP contribution in [0.2, 0.25) is 0 Å². The fraction of sp³-hybridized carbons (Fsp3) is 0.894. The van der Waals surface area contributed by atoms with Gasteiger partial charge in [-0.25, -0.2) is 0 Å². The van der Waals surface area contributed by atoms with Crippen LogP contribution in [0, 0.1) is 0 Å². The Kier molecular flexibility index (Phi) is 59.9. The molecule has 3 unspecified atom stereocenters. The molecule has 3 atom stereocenters. The standard InChI is InChI=1S/C66H127NO4/c1-3-5-7-9-11-13-15-17-19-21-23-25-27-28-29-30-31-32-33-34-35-36-37-39-41-43-45-47-49-51-53-55-57-59-61-65(70)66(71)67-63(62-68)64(69)60-58-56-54-52-50-48-46-44-42-40-38-26-24-22-20-18-16-14-12-10-8-6-4-2/h27-28,30-31,58,60,63-65,68-70H,3-26,29,32-57,59,61-62H2,1-2H3,(H,67,71)/b28-27-,31-30-,60-58+. The number of amides is 1. The number of carbonyl (C=O) groups is 1. The lowest BCUT2D eigenvalue weighted by molar-refractivity contribution is -0.131. The number of nitrogens with one attached hydrogen (secondary N) is 1. The highest BCUT2D eigenvalue weighted by molar-refractivity contribution is 5.80. The molecule has 0 bridgehead atoms. The van der Waals surface area contributed by atoms with Crippen LogP contribution in [-0.2, 0) is 4.79 Å². The third-order valence-electron chi connectivity index (χ3n) is 15.2. The normalized spacial score (nSPS) is 13.4. The van der Waals surface area contributed by atoms with Gasteiger partial charge < -0.3 is 20.6 Å². The first-order valence-electron chi connectivity index (χ1n) is 32.3. The summed E-state index contributed by atoms with van der Waals surface area (Å²) in [5.74, 6) is -0.497. The van der Waals surface area contributed by atoms with Crippen LogP contribution < -0.4 is 5.32 Å². The molecule has 0 aliphatic carbocycles. The molecule has 5 heteroatoms. The molecule has 0 saturated carbocycles. The number of allylic oxidation sites excluding steroid dienone is 5. The van der Waals surface area contributed by atoms with Gasteiger partial charge in [-0.15, -0.1) is 0 Å². The predicted molar refractivity (Wildman–Crippen MR) is 314 cm³/mol. The van der Waals surface area contributed by atoms with Gasteiger partial charge in [-0.05, 0) is 51.4 Å². The summed E-state index contributed by atoms with van der Waals surface area (Å²) in [6, 6.07) is -0.798. The van der Waals surface area contributed by atoms with Crippen molar-refractivity contribution in [1.29, 1.82) is 0 Å². The van der Waals surface area contributed by atoms with Crippen molar-refractivity contribution in [2.75, 3.05) is 6.61 Å². The van der Waals surface area contributed by atoms with Crippen molar-refractivity contribution < 1.29 is 20.1 Å². The highest BCUT2D eigenvalue weighted by atomic mass is 16.3. The summed E-state index contributed by atoms with van der Waals surface area (Å²) in [6.07, 6.45) is 81.2. The zero-order valence-corrected chi connectivity index (χ0v) is 48.1. The Bertz CT molecular complexity index is 1100. The van der Waals surface area contributed by atoms with E-state index in [0.717, 1.165) is 38.5 Å². The molecule has 0 aromatic carbocycles. The van der Waals surface area contributed by atoms with Gasteiger partial charge in [0.2, 0.25) is 5.91 Å². The first-order chi connectivity index (χ1) is 35.1. The molecule has 0 radical (unpaired) electrons. The largest absolute Gasteiger partial charge is 0.394 e. The number of carbonyl (C=O) groups excluding carboxylic acids is 1. The van der Waals surface area contributed by atoms with E-state index in [9.17, 15) is 20.1 Å². The molecule has 5 nitrogen and oxygen atoms in total. The first kappa shape index (κ1) is 69.6. The number of hydrogen-bond acceptors (Lipinski definition) is 4. The molecular formula is C66H127NO4. The molecule has 71 heavy (non-hydrogen) atoms. The molecule has 0 spiro atoms. The molecule has 0 aromatic rings. The monoisotopic (exact) mass is 998 g/mol. The summed E-state index contributed by atoms with van der Waals surface area (Å²) in [5.41, 5.74) is 0. The second-order valence-electron chi connectivity index (χ2n) is 22.3. The van der Waals surface area contributed by atoms with Crippen LogP contribution >= 0.6 is 0 Å². The Hall–Kier alpha value is -1.43. The topological polar surface area (TPSA) is 89.8 Å². The number of unbranched alkanes of at least 4 members (excludes halogenated alkanes) is 48. The van der Waals surface area contributed by atoms with Gasteiger partial charge >= 0.3 is 0 Å². The molecule has 0 aliphatic heterocycles. The molecule has 0 aliphatic rings. The van der Waals surface area contributed by atoms with E-state index in [1.807, 2.05) is 6.08 Å². The predicted octanol–water partition coefficient (Wildman–Crippen LogP) is 20.6. The van der Waals surface area contributed by atoms with Gasteiger partial charge in [-0.1, -0.05) is 339 Å². The van der Waals surface area contributed by atoms with Crippen LogP contribution in [0.3, 0.4) is 0 Å². The SMILES string of the molecule is CCCCCCCCCCCCC/C=C\C/C=C\CCCCCCCCCCCCCCCCCCC(O)C(=O)NC(CO)C(O)/C=C/CCCCCCCCCCCCCCCCCCCCCCC. The summed E-state index contributed by atoms with van der Waals surface area (Å²) in [5, 5.41) is 33.5. The fourth-order valence-corrected chi connectivity index (χ4v) is 10.2. The quantitative estimate of drug-likeness (QED) is 0.0361. The lowest BCUT2D eigenvalue weighted by Gasteiger charge is -2.21. The maximum Gasteiger partial charge on any atom is 0.249 e.